The number of carbonyl (C=O) groups is 1. The number of ketones is 1. The van der Waals surface area contributed by atoms with Crippen LogP contribution >= 0.6 is 0 Å². The fourth-order valence-corrected chi connectivity index (χ4v) is 3.08. The Labute approximate surface area is 151 Å². The number of carbonyl (C=O) groups excluding carboxylic acids is 1. The zero-order chi connectivity index (χ0) is 17.8. The maximum Gasteiger partial charge on any atom is 0.152 e. The van der Waals surface area contributed by atoms with Crippen LogP contribution in [0.2, 0.25) is 0 Å². The molecule has 2 aromatic heterocycles. The fourth-order valence-electron chi connectivity index (χ4n) is 3.08. The number of nitrogens with zero attached hydrogens (tertiary/aromatic N) is 5. The molecule has 1 aromatic carbocycles. The van der Waals surface area contributed by atoms with Crippen LogP contribution in [0.15, 0.2) is 42.7 Å². The Morgan fingerprint density at radius 2 is 1.92 bits per heavy atom. The van der Waals surface area contributed by atoms with Crippen molar-refractivity contribution in [3.8, 4) is 11.1 Å². The van der Waals surface area contributed by atoms with Gasteiger partial charge in [-0.05, 0) is 29.8 Å². The van der Waals surface area contributed by atoms with Crippen LogP contribution in [0.1, 0.15) is 5.69 Å². The summed E-state index contributed by atoms with van der Waals surface area (Å²) < 4.78 is 5.31. The van der Waals surface area contributed by atoms with Gasteiger partial charge < -0.3 is 4.74 Å². The lowest BCUT2D eigenvalue weighted by atomic mass is 10.0. The van der Waals surface area contributed by atoms with E-state index >= 15 is 0 Å². The van der Waals surface area contributed by atoms with E-state index in [1.807, 2.05) is 30.3 Å². The third kappa shape index (κ3) is 3.89. The van der Waals surface area contributed by atoms with Gasteiger partial charge in [0.2, 0.25) is 0 Å². The lowest BCUT2D eigenvalue weighted by molar-refractivity contribution is -0.120. The average molecular weight is 349 g/mol. The molecule has 132 valence electrons. The summed E-state index contributed by atoms with van der Waals surface area (Å²) in [5, 5.41) is 17.1. The zero-order valence-electron chi connectivity index (χ0n) is 14.3. The topological polar surface area (TPSA) is 81.1 Å². The number of morpholine rings is 1. The highest BCUT2D eigenvalue weighted by molar-refractivity contribution is 5.86. The second-order valence-electron chi connectivity index (χ2n) is 6.34. The van der Waals surface area contributed by atoms with Gasteiger partial charge in [0.25, 0.3) is 0 Å². The van der Waals surface area contributed by atoms with Gasteiger partial charge in [-0.2, -0.15) is 20.4 Å². The van der Waals surface area contributed by atoms with Crippen LogP contribution in [0.25, 0.3) is 22.0 Å². The normalized spacial score (nSPS) is 15.2. The number of ether oxygens (including phenoxy) is 1. The van der Waals surface area contributed by atoms with Crippen molar-refractivity contribution in [2.24, 2.45) is 0 Å². The molecule has 0 unspecified atom stereocenters. The number of hydrogen-bond acceptors (Lipinski definition) is 7. The lowest BCUT2D eigenvalue weighted by Crippen LogP contribution is -2.40. The highest BCUT2D eigenvalue weighted by Crippen LogP contribution is 2.22. The van der Waals surface area contributed by atoms with Crippen molar-refractivity contribution in [3.63, 3.8) is 0 Å². The van der Waals surface area contributed by atoms with Crippen LogP contribution in [0.3, 0.4) is 0 Å². The van der Waals surface area contributed by atoms with Crippen molar-refractivity contribution in [1.82, 2.24) is 25.3 Å². The van der Waals surface area contributed by atoms with Gasteiger partial charge in [0, 0.05) is 24.0 Å². The predicted molar refractivity (Wildman–Crippen MR) is 96.5 cm³/mol. The molecule has 1 saturated heterocycles. The molecule has 0 spiro atoms. The van der Waals surface area contributed by atoms with Gasteiger partial charge in [-0.3, -0.25) is 9.69 Å². The molecule has 0 atom stereocenters. The summed E-state index contributed by atoms with van der Waals surface area (Å²) in [6.07, 6.45) is 3.68. The average Bonchev–Trinajstić information content (AvgIpc) is 2.69. The predicted octanol–water partition coefficient (Wildman–Crippen LogP) is 1.53. The van der Waals surface area contributed by atoms with Gasteiger partial charge in [0.05, 0.1) is 49.8 Å². The molecule has 4 rings (SSSR count). The molecule has 3 heterocycles. The highest BCUT2D eigenvalue weighted by Gasteiger charge is 2.15. The Morgan fingerprint density at radius 3 is 2.73 bits per heavy atom. The summed E-state index contributed by atoms with van der Waals surface area (Å²) in [5.41, 5.74) is 3.52. The molecule has 0 amide bonds. The minimum absolute atomic E-state index is 0.148. The first-order valence-corrected chi connectivity index (χ1v) is 8.63. The number of rotatable bonds is 5. The van der Waals surface area contributed by atoms with Crippen molar-refractivity contribution in [2.75, 3.05) is 32.8 Å². The van der Waals surface area contributed by atoms with Crippen LogP contribution in [0, 0.1) is 0 Å². The lowest BCUT2D eigenvalue weighted by Gasteiger charge is -2.25. The molecule has 1 fully saturated rings. The van der Waals surface area contributed by atoms with Crippen LogP contribution in [0.4, 0.5) is 0 Å². The molecule has 0 aliphatic carbocycles. The molecule has 0 bridgehead atoms. The Bertz CT molecular complexity index is 910. The molecular formula is C19H19N5O2. The maximum atomic E-state index is 12.3. The van der Waals surface area contributed by atoms with Crippen LogP contribution in [-0.2, 0) is 16.0 Å². The third-order valence-corrected chi connectivity index (χ3v) is 4.44. The van der Waals surface area contributed by atoms with Gasteiger partial charge in [-0.25, -0.2) is 0 Å². The monoisotopic (exact) mass is 349 g/mol. The second kappa shape index (κ2) is 7.63. The van der Waals surface area contributed by atoms with E-state index in [2.05, 4.69) is 25.3 Å². The van der Waals surface area contributed by atoms with Crippen molar-refractivity contribution in [2.45, 2.75) is 6.42 Å². The minimum atomic E-state index is 0.148. The number of hydrogen-bond donors (Lipinski definition) is 0. The van der Waals surface area contributed by atoms with Gasteiger partial charge in [-0.15, -0.1) is 0 Å². The SMILES string of the molecule is O=C(Cc1cc2cc(-c3ccnnc3)ccc2nn1)CN1CCOCC1. The van der Waals surface area contributed by atoms with E-state index < -0.39 is 0 Å². The summed E-state index contributed by atoms with van der Waals surface area (Å²) in [4.78, 5) is 14.5. The standard InChI is InChI=1S/C19H19N5O2/c25-18(13-24-5-7-26-8-6-24)11-17-10-16-9-14(1-2-19(16)23-22-17)15-3-4-20-21-12-15/h1-4,9-10,12H,5-8,11,13H2. The second-order valence-corrected chi connectivity index (χ2v) is 6.34. The first kappa shape index (κ1) is 16.7. The van der Waals surface area contributed by atoms with E-state index in [1.165, 1.54) is 0 Å². The Balaban J connectivity index is 1.51. The van der Waals surface area contributed by atoms with E-state index in [4.69, 9.17) is 4.74 Å². The van der Waals surface area contributed by atoms with Gasteiger partial charge in [-0.1, -0.05) is 6.07 Å². The van der Waals surface area contributed by atoms with Gasteiger partial charge in [0.15, 0.2) is 5.78 Å². The molecule has 7 heteroatoms. The van der Waals surface area contributed by atoms with E-state index in [0.717, 1.165) is 35.1 Å². The van der Waals surface area contributed by atoms with Gasteiger partial charge in [0.1, 0.15) is 0 Å². The zero-order valence-corrected chi connectivity index (χ0v) is 14.3. The molecule has 0 radical (unpaired) electrons. The quantitative estimate of drug-likeness (QED) is 0.691. The fraction of sp³-hybridized carbons (Fsp3) is 0.316. The molecule has 0 N–H and O–H groups in total. The molecular weight excluding hydrogens is 330 g/mol. The molecule has 1 aliphatic rings. The van der Waals surface area contributed by atoms with Crippen LogP contribution < -0.4 is 0 Å². The summed E-state index contributed by atoms with van der Waals surface area (Å²) in [6.45, 7) is 3.42. The summed E-state index contributed by atoms with van der Waals surface area (Å²) in [5.74, 6) is 0.148. The molecule has 26 heavy (non-hydrogen) atoms. The van der Waals surface area contributed by atoms with Crippen molar-refractivity contribution < 1.29 is 9.53 Å². The largest absolute Gasteiger partial charge is 0.379 e. The molecule has 7 nitrogen and oxygen atoms in total. The Hall–Kier alpha value is -2.77. The number of fused-ring (bicyclic) bond motifs is 1. The van der Waals surface area contributed by atoms with Gasteiger partial charge >= 0.3 is 0 Å². The van der Waals surface area contributed by atoms with Crippen molar-refractivity contribution in [3.05, 3.63) is 48.4 Å². The van der Waals surface area contributed by atoms with E-state index in [9.17, 15) is 4.79 Å². The Morgan fingerprint density at radius 1 is 1.04 bits per heavy atom. The van der Waals surface area contributed by atoms with E-state index in [-0.39, 0.29) is 5.78 Å². The number of aromatic nitrogens is 4. The number of Topliss-reactive ketones (excluding diaryl/α,β-unsaturated/α-hetero) is 1. The molecule has 1 aliphatic heterocycles. The van der Waals surface area contributed by atoms with Crippen molar-refractivity contribution >= 4 is 16.7 Å². The van der Waals surface area contributed by atoms with Crippen LogP contribution in [-0.4, -0.2) is 63.9 Å². The van der Waals surface area contributed by atoms with E-state index in [0.29, 0.717) is 31.9 Å². The summed E-state index contributed by atoms with van der Waals surface area (Å²) in [7, 11) is 0. The summed E-state index contributed by atoms with van der Waals surface area (Å²) >= 11 is 0. The third-order valence-electron chi connectivity index (χ3n) is 4.44. The Kier molecular flexibility index (Phi) is 4.90. The first-order chi connectivity index (χ1) is 12.8. The van der Waals surface area contributed by atoms with Crippen LogP contribution in [0.5, 0.6) is 0 Å². The maximum absolute atomic E-state index is 12.3. The summed E-state index contributed by atoms with van der Waals surface area (Å²) in [6, 6.07) is 9.80. The smallest absolute Gasteiger partial charge is 0.152 e. The molecule has 0 saturated carbocycles. The first-order valence-electron chi connectivity index (χ1n) is 8.63. The number of benzene rings is 1. The highest BCUT2D eigenvalue weighted by atomic mass is 16.5. The van der Waals surface area contributed by atoms with Crippen molar-refractivity contribution in [1.29, 1.82) is 0 Å². The minimum Gasteiger partial charge on any atom is -0.379 e. The van der Waals surface area contributed by atoms with E-state index in [1.54, 1.807) is 12.4 Å². The molecule has 3 aromatic rings.